The molecule has 2 aromatic heterocycles. The van der Waals surface area contributed by atoms with Gasteiger partial charge < -0.3 is 14.2 Å². The molecule has 0 atom stereocenters. The summed E-state index contributed by atoms with van der Waals surface area (Å²) in [5, 5.41) is 1.47. The number of nitrogens with zero attached hydrogens (tertiary/aromatic N) is 2. The van der Waals surface area contributed by atoms with E-state index in [1.165, 1.54) is 7.11 Å². The van der Waals surface area contributed by atoms with Gasteiger partial charge in [-0.15, -0.1) is 0 Å². The Morgan fingerprint density at radius 1 is 0.955 bits per heavy atom. The van der Waals surface area contributed by atoms with Crippen molar-refractivity contribution in [1.82, 2.24) is 9.97 Å². The number of rotatable bonds is 4. The quantitative estimate of drug-likeness (QED) is 0.725. The van der Waals surface area contributed by atoms with Gasteiger partial charge in [0.1, 0.15) is 11.5 Å². The summed E-state index contributed by atoms with van der Waals surface area (Å²) in [5.41, 5.74) is 0.750. The molecule has 0 fully saturated rings. The van der Waals surface area contributed by atoms with Crippen LogP contribution in [0.5, 0.6) is 23.3 Å². The van der Waals surface area contributed by atoms with E-state index in [1.807, 2.05) is 6.07 Å². The number of fused-ring (bicyclic) bond motifs is 1. The molecular weight excluding hydrogens is 304 g/mol. The van der Waals surface area contributed by atoms with Gasteiger partial charge in [0.15, 0.2) is 0 Å². The molecule has 0 aliphatic carbocycles. The van der Waals surface area contributed by atoms with Crippen LogP contribution < -0.4 is 14.2 Å². The third-order valence-electron chi connectivity index (χ3n) is 3.08. The van der Waals surface area contributed by atoms with E-state index >= 15 is 0 Å². The molecule has 0 unspecified atom stereocenters. The maximum atomic E-state index is 5.98. The van der Waals surface area contributed by atoms with E-state index in [9.17, 15) is 0 Å². The number of methoxy groups -OCH3 is 2. The van der Waals surface area contributed by atoms with E-state index in [1.54, 1.807) is 43.6 Å². The van der Waals surface area contributed by atoms with Gasteiger partial charge in [-0.1, -0.05) is 11.6 Å². The van der Waals surface area contributed by atoms with E-state index in [4.69, 9.17) is 25.8 Å². The monoisotopic (exact) mass is 316 g/mol. The summed E-state index contributed by atoms with van der Waals surface area (Å²) in [7, 11) is 3.11. The Morgan fingerprint density at radius 3 is 2.55 bits per heavy atom. The van der Waals surface area contributed by atoms with Crippen molar-refractivity contribution in [2.45, 2.75) is 0 Å². The van der Waals surface area contributed by atoms with Crippen LogP contribution in [-0.2, 0) is 0 Å². The highest BCUT2D eigenvalue weighted by Crippen LogP contribution is 2.32. The maximum Gasteiger partial charge on any atom is 0.226 e. The largest absolute Gasteiger partial charge is 0.496 e. The Balaban J connectivity index is 2.03. The fourth-order valence-corrected chi connectivity index (χ4v) is 2.20. The zero-order valence-corrected chi connectivity index (χ0v) is 12.8. The minimum absolute atomic E-state index is 0.374. The van der Waals surface area contributed by atoms with Crippen molar-refractivity contribution in [3.63, 3.8) is 0 Å². The number of hydrogen-bond acceptors (Lipinski definition) is 5. The van der Waals surface area contributed by atoms with Crippen molar-refractivity contribution in [2.75, 3.05) is 14.2 Å². The van der Waals surface area contributed by atoms with E-state index in [-0.39, 0.29) is 0 Å². The number of halogens is 1. The molecule has 22 heavy (non-hydrogen) atoms. The average Bonchev–Trinajstić information content (AvgIpc) is 2.54. The minimum Gasteiger partial charge on any atom is -0.496 e. The first-order valence-corrected chi connectivity index (χ1v) is 6.89. The maximum absolute atomic E-state index is 5.98. The average molecular weight is 317 g/mol. The van der Waals surface area contributed by atoms with Gasteiger partial charge in [0.05, 0.1) is 19.7 Å². The number of pyridine rings is 2. The van der Waals surface area contributed by atoms with Gasteiger partial charge in [0, 0.05) is 28.7 Å². The normalized spacial score (nSPS) is 10.5. The Bertz CT molecular complexity index is 801. The molecule has 6 heteroatoms. The molecule has 0 amide bonds. The Labute approximate surface area is 132 Å². The van der Waals surface area contributed by atoms with Gasteiger partial charge in [0.25, 0.3) is 0 Å². The number of hydrogen-bond donors (Lipinski definition) is 0. The molecule has 0 aliphatic rings. The standard InChI is InChI=1S/C16H13ClN2O3/c1-20-11-8-15(21-2)19-16(9-11)22-14-5-6-18-13-7-10(17)3-4-12(13)14/h3-9H,1-2H3. The molecular formula is C16H13ClN2O3. The fraction of sp³-hybridized carbons (Fsp3) is 0.125. The summed E-state index contributed by atoms with van der Waals surface area (Å²) in [5.74, 6) is 2.02. The van der Waals surface area contributed by atoms with Crippen molar-refractivity contribution < 1.29 is 14.2 Å². The number of aromatic nitrogens is 2. The van der Waals surface area contributed by atoms with Gasteiger partial charge in [-0.25, -0.2) is 0 Å². The van der Waals surface area contributed by atoms with Crippen LogP contribution in [0.2, 0.25) is 5.02 Å². The van der Waals surface area contributed by atoms with Crippen LogP contribution >= 0.6 is 11.6 Å². The van der Waals surface area contributed by atoms with Crippen LogP contribution in [0.25, 0.3) is 10.9 Å². The molecule has 3 rings (SSSR count). The third kappa shape index (κ3) is 2.89. The Hall–Kier alpha value is -2.53. The molecule has 0 bridgehead atoms. The molecule has 0 radical (unpaired) electrons. The van der Waals surface area contributed by atoms with Crippen molar-refractivity contribution >= 4 is 22.5 Å². The van der Waals surface area contributed by atoms with Crippen LogP contribution in [0.1, 0.15) is 0 Å². The second kappa shape index (κ2) is 6.07. The van der Waals surface area contributed by atoms with Crippen molar-refractivity contribution in [2.24, 2.45) is 0 Å². The Morgan fingerprint density at radius 2 is 1.77 bits per heavy atom. The van der Waals surface area contributed by atoms with Gasteiger partial charge in [-0.05, 0) is 24.3 Å². The van der Waals surface area contributed by atoms with Crippen LogP contribution in [0, 0.1) is 0 Å². The summed E-state index contributed by atoms with van der Waals surface area (Å²) in [4.78, 5) is 8.53. The first-order chi connectivity index (χ1) is 10.7. The molecule has 0 N–H and O–H groups in total. The molecule has 0 saturated carbocycles. The van der Waals surface area contributed by atoms with Crippen LogP contribution in [0.15, 0.2) is 42.6 Å². The molecule has 5 nitrogen and oxygen atoms in total. The lowest BCUT2D eigenvalue weighted by Gasteiger charge is -2.10. The molecule has 1 aromatic carbocycles. The summed E-state index contributed by atoms with van der Waals surface area (Å²) in [6.45, 7) is 0. The summed E-state index contributed by atoms with van der Waals surface area (Å²) < 4.78 is 16.2. The zero-order valence-electron chi connectivity index (χ0n) is 12.0. The highest BCUT2D eigenvalue weighted by molar-refractivity contribution is 6.31. The first kappa shape index (κ1) is 14.4. The predicted octanol–water partition coefficient (Wildman–Crippen LogP) is 4.09. The smallest absolute Gasteiger partial charge is 0.226 e. The highest BCUT2D eigenvalue weighted by Gasteiger charge is 2.09. The van der Waals surface area contributed by atoms with E-state index in [0.717, 1.165) is 10.9 Å². The summed E-state index contributed by atoms with van der Waals surface area (Å²) in [6, 6.07) is 10.6. The third-order valence-corrected chi connectivity index (χ3v) is 3.31. The van der Waals surface area contributed by atoms with Crippen molar-refractivity contribution in [3.05, 3.63) is 47.6 Å². The lowest BCUT2D eigenvalue weighted by atomic mass is 10.2. The second-order valence-corrected chi connectivity index (χ2v) is 4.90. The molecule has 112 valence electrons. The number of ether oxygens (including phenoxy) is 3. The van der Waals surface area contributed by atoms with Crippen molar-refractivity contribution in [3.8, 4) is 23.3 Å². The molecule has 2 heterocycles. The van der Waals surface area contributed by atoms with Gasteiger partial charge in [0.2, 0.25) is 11.8 Å². The molecule has 0 spiro atoms. The first-order valence-electron chi connectivity index (χ1n) is 6.52. The summed E-state index contributed by atoms with van der Waals surface area (Å²) >= 11 is 5.98. The van der Waals surface area contributed by atoms with Crippen LogP contribution in [0.4, 0.5) is 0 Å². The molecule has 0 saturated heterocycles. The highest BCUT2D eigenvalue weighted by atomic mass is 35.5. The summed E-state index contributed by atoms with van der Waals surface area (Å²) in [6.07, 6.45) is 1.66. The SMILES string of the molecule is COc1cc(OC)nc(Oc2ccnc3cc(Cl)ccc23)c1. The molecule has 0 aliphatic heterocycles. The zero-order chi connectivity index (χ0) is 15.5. The van der Waals surface area contributed by atoms with Crippen LogP contribution in [0.3, 0.4) is 0 Å². The lowest BCUT2D eigenvalue weighted by Crippen LogP contribution is -1.95. The Kier molecular flexibility index (Phi) is 3.98. The van der Waals surface area contributed by atoms with E-state index in [2.05, 4.69) is 9.97 Å². The van der Waals surface area contributed by atoms with E-state index < -0.39 is 0 Å². The van der Waals surface area contributed by atoms with Gasteiger partial charge >= 0.3 is 0 Å². The van der Waals surface area contributed by atoms with E-state index in [0.29, 0.717) is 28.3 Å². The fourth-order valence-electron chi connectivity index (χ4n) is 2.03. The van der Waals surface area contributed by atoms with Gasteiger partial charge in [-0.2, -0.15) is 4.98 Å². The predicted molar refractivity (Wildman–Crippen MR) is 84.2 cm³/mol. The number of benzene rings is 1. The lowest BCUT2D eigenvalue weighted by molar-refractivity contribution is 0.367. The topological polar surface area (TPSA) is 53.5 Å². The molecule has 3 aromatic rings. The van der Waals surface area contributed by atoms with Crippen LogP contribution in [-0.4, -0.2) is 24.2 Å². The van der Waals surface area contributed by atoms with Crippen molar-refractivity contribution in [1.29, 1.82) is 0 Å². The minimum atomic E-state index is 0.374. The second-order valence-electron chi connectivity index (χ2n) is 4.46. The van der Waals surface area contributed by atoms with Gasteiger partial charge in [-0.3, -0.25) is 4.98 Å².